The van der Waals surface area contributed by atoms with Crippen LogP contribution in [0.15, 0.2) is 34.3 Å². The molecule has 0 aromatic heterocycles. The van der Waals surface area contributed by atoms with Gasteiger partial charge in [-0.25, -0.2) is 4.79 Å². The Labute approximate surface area is 235 Å². The Balaban J connectivity index is 2.78. The number of amides is 1. The van der Waals surface area contributed by atoms with Crippen molar-refractivity contribution in [3.63, 3.8) is 0 Å². The van der Waals surface area contributed by atoms with Crippen LogP contribution in [0.1, 0.15) is 39.7 Å². The molecule has 1 aromatic rings. The Morgan fingerprint density at radius 3 is 2.23 bits per heavy atom. The SMILES string of the molecule is COC(=O)[C@]1(Sc2ccc(C)cc2)C[C@H](OC(C)=O)[C@@H](NC(C)=O)[C@H]([C@H](OC(C)=O)[C@@H](CN=[N+]=[N-])OC(C)=O)O1. The summed E-state index contributed by atoms with van der Waals surface area (Å²) in [5.41, 5.74) is 9.86. The molecule has 218 valence electrons. The van der Waals surface area contributed by atoms with Gasteiger partial charge in [-0.05, 0) is 24.6 Å². The number of aryl methyl sites for hydroxylation is 1. The smallest absolute Gasteiger partial charge is 0.349 e. The van der Waals surface area contributed by atoms with E-state index in [0.29, 0.717) is 4.90 Å². The van der Waals surface area contributed by atoms with Crippen molar-refractivity contribution >= 4 is 41.5 Å². The third-order valence-electron chi connectivity index (χ3n) is 5.67. The average Bonchev–Trinajstić information content (AvgIpc) is 2.86. The van der Waals surface area contributed by atoms with E-state index in [1.807, 2.05) is 19.1 Å². The van der Waals surface area contributed by atoms with Gasteiger partial charge in [-0.2, -0.15) is 0 Å². The van der Waals surface area contributed by atoms with Gasteiger partial charge in [0, 0.05) is 43.9 Å². The molecule has 1 saturated heterocycles. The molecule has 6 atom stereocenters. The van der Waals surface area contributed by atoms with Crippen molar-refractivity contribution in [3.8, 4) is 0 Å². The minimum absolute atomic E-state index is 0.277. The van der Waals surface area contributed by atoms with Crippen molar-refractivity contribution in [3.05, 3.63) is 40.3 Å². The molecular weight excluding hydrogens is 548 g/mol. The minimum Gasteiger partial charge on any atom is -0.466 e. The summed E-state index contributed by atoms with van der Waals surface area (Å²) in [5, 5.41) is 6.09. The van der Waals surface area contributed by atoms with Crippen LogP contribution in [0, 0.1) is 6.92 Å². The van der Waals surface area contributed by atoms with E-state index in [-0.39, 0.29) is 6.42 Å². The van der Waals surface area contributed by atoms with E-state index in [1.54, 1.807) is 12.1 Å². The molecule has 40 heavy (non-hydrogen) atoms. The number of rotatable bonds is 11. The summed E-state index contributed by atoms with van der Waals surface area (Å²) >= 11 is 0.958. The maximum absolute atomic E-state index is 13.4. The quantitative estimate of drug-likeness (QED) is 0.133. The number of esters is 4. The largest absolute Gasteiger partial charge is 0.466 e. The lowest BCUT2D eigenvalue weighted by molar-refractivity contribution is -0.220. The van der Waals surface area contributed by atoms with Crippen LogP contribution in [0.4, 0.5) is 0 Å². The number of thioether (sulfide) groups is 1. The molecule has 1 fully saturated rings. The zero-order valence-electron chi connectivity index (χ0n) is 22.9. The van der Waals surface area contributed by atoms with E-state index < -0.39 is 71.7 Å². The van der Waals surface area contributed by atoms with Gasteiger partial charge in [0.05, 0.1) is 19.7 Å². The Morgan fingerprint density at radius 2 is 1.73 bits per heavy atom. The molecule has 0 spiro atoms. The molecule has 2 rings (SSSR count). The molecule has 1 N–H and O–H groups in total. The van der Waals surface area contributed by atoms with Gasteiger partial charge in [0.1, 0.15) is 18.3 Å². The molecule has 15 heteroatoms. The summed E-state index contributed by atoms with van der Waals surface area (Å²) in [6, 6.07) is 5.92. The maximum Gasteiger partial charge on any atom is 0.349 e. The van der Waals surface area contributed by atoms with Crippen molar-refractivity contribution in [2.75, 3.05) is 13.7 Å². The summed E-state index contributed by atoms with van der Waals surface area (Å²) in [6.07, 6.45) is -5.89. The van der Waals surface area contributed by atoms with Crippen molar-refractivity contribution in [2.45, 2.75) is 81.3 Å². The van der Waals surface area contributed by atoms with Crippen LogP contribution in [0.2, 0.25) is 0 Å². The highest BCUT2D eigenvalue weighted by molar-refractivity contribution is 8.01. The zero-order valence-corrected chi connectivity index (χ0v) is 23.8. The maximum atomic E-state index is 13.4. The lowest BCUT2D eigenvalue weighted by Gasteiger charge is -2.48. The Hall–Kier alpha value is -3.81. The second kappa shape index (κ2) is 14.5. The van der Waals surface area contributed by atoms with Crippen LogP contribution >= 0.6 is 11.8 Å². The lowest BCUT2D eigenvalue weighted by atomic mass is 9.89. The normalized spacial score (nSPS) is 23.4. The van der Waals surface area contributed by atoms with E-state index in [0.717, 1.165) is 45.2 Å². The first-order valence-corrected chi connectivity index (χ1v) is 12.9. The second-order valence-corrected chi connectivity index (χ2v) is 10.3. The van der Waals surface area contributed by atoms with Crippen LogP contribution in [0.5, 0.6) is 0 Å². The first-order valence-electron chi connectivity index (χ1n) is 12.1. The number of hydrogen-bond donors (Lipinski definition) is 1. The third kappa shape index (κ3) is 8.86. The van der Waals surface area contributed by atoms with E-state index in [4.69, 9.17) is 29.2 Å². The molecule has 0 unspecified atom stereocenters. The Bertz CT molecular complexity index is 1150. The van der Waals surface area contributed by atoms with E-state index in [9.17, 15) is 24.0 Å². The highest BCUT2D eigenvalue weighted by atomic mass is 32.2. The molecule has 1 amide bonds. The first kappa shape index (κ1) is 32.4. The number of nitrogens with one attached hydrogen (secondary N) is 1. The van der Waals surface area contributed by atoms with Crippen molar-refractivity contribution < 1.29 is 47.7 Å². The van der Waals surface area contributed by atoms with Crippen molar-refractivity contribution in [1.29, 1.82) is 0 Å². The molecule has 1 aromatic carbocycles. The molecule has 1 aliphatic heterocycles. The highest BCUT2D eigenvalue weighted by Gasteiger charge is 2.58. The van der Waals surface area contributed by atoms with Crippen LogP contribution < -0.4 is 5.32 Å². The van der Waals surface area contributed by atoms with Gasteiger partial charge >= 0.3 is 23.9 Å². The average molecular weight is 581 g/mol. The number of methoxy groups -OCH3 is 1. The monoisotopic (exact) mass is 580 g/mol. The Kier molecular flexibility index (Phi) is 11.8. The third-order valence-corrected chi connectivity index (χ3v) is 6.94. The number of ether oxygens (including phenoxy) is 5. The first-order chi connectivity index (χ1) is 18.8. The van der Waals surface area contributed by atoms with E-state index in [2.05, 4.69) is 15.3 Å². The number of carbonyl (C=O) groups is 5. The number of azide groups is 1. The minimum atomic E-state index is -1.89. The van der Waals surface area contributed by atoms with Crippen LogP contribution in [0.25, 0.3) is 10.4 Å². The molecule has 0 bridgehead atoms. The number of carbonyl (C=O) groups excluding carboxylic acids is 5. The molecule has 0 radical (unpaired) electrons. The van der Waals surface area contributed by atoms with Gasteiger partial charge < -0.3 is 29.0 Å². The zero-order chi connectivity index (χ0) is 30.0. The second-order valence-electron chi connectivity index (χ2n) is 8.96. The molecule has 14 nitrogen and oxygen atoms in total. The topological polar surface area (TPSA) is 192 Å². The van der Waals surface area contributed by atoms with Crippen LogP contribution in [-0.2, 0) is 47.7 Å². The summed E-state index contributed by atoms with van der Waals surface area (Å²) in [5.74, 6) is -3.78. The van der Waals surface area contributed by atoms with Gasteiger partial charge in [0.15, 0.2) is 6.10 Å². The lowest BCUT2D eigenvalue weighted by Crippen LogP contribution is -2.67. The fourth-order valence-electron chi connectivity index (χ4n) is 4.23. The summed E-state index contributed by atoms with van der Waals surface area (Å²) in [7, 11) is 1.14. The summed E-state index contributed by atoms with van der Waals surface area (Å²) in [4.78, 5) is 63.4. The molecule has 1 heterocycles. The van der Waals surface area contributed by atoms with Crippen LogP contribution in [-0.4, -0.2) is 78.8 Å². The van der Waals surface area contributed by atoms with Crippen LogP contribution in [0.3, 0.4) is 0 Å². The summed E-state index contributed by atoms with van der Waals surface area (Å²) < 4.78 is 27.8. The van der Waals surface area contributed by atoms with Gasteiger partial charge in [0.25, 0.3) is 0 Å². The molecule has 1 aliphatic rings. The number of hydrogen-bond acceptors (Lipinski definition) is 12. The van der Waals surface area contributed by atoms with Gasteiger partial charge in [-0.1, -0.05) is 34.6 Å². The van der Waals surface area contributed by atoms with Crippen molar-refractivity contribution in [2.24, 2.45) is 5.11 Å². The van der Waals surface area contributed by atoms with Gasteiger partial charge in [-0.3, -0.25) is 19.2 Å². The standard InChI is InChI=1S/C25H32N4O10S/c1-13-7-9-18(10-8-13)40-25(24(34)35-6)11-19(36-15(3)31)21(28-14(2)30)23(39-25)22(38-17(5)33)20(12-27-29-26)37-16(4)32/h7-10,19-23H,11-12H2,1-6H3,(H,28,30)/t19-,20+,21+,22+,23+,25+/m0/s1. The van der Waals surface area contributed by atoms with Crippen molar-refractivity contribution in [1.82, 2.24) is 5.32 Å². The van der Waals surface area contributed by atoms with Gasteiger partial charge in [-0.15, -0.1) is 0 Å². The van der Waals surface area contributed by atoms with E-state index >= 15 is 0 Å². The fourth-order valence-corrected chi connectivity index (χ4v) is 5.46. The van der Waals surface area contributed by atoms with E-state index in [1.165, 1.54) is 6.92 Å². The Morgan fingerprint density at radius 1 is 1.10 bits per heavy atom. The highest BCUT2D eigenvalue weighted by Crippen LogP contribution is 2.46. The molecule has 0 saturated carbocycles. The molecular formula is C25H32N4O10S. The fraction of sp³-hybridized carbons (Fsp3) is 0.560. The predicted octanol–water partition coefficient (Wildman–Crippen LogP) is 2.36. The number of nitrogens with zero attached hydrogens (tertiary/aromatic N) is 3. The van der Waals surface area contributed by atoms with Gasteiger partial charge in [0.2, 0.25) is 10.8 Å². The summed E-state index contributed by atoms with van der Waals surface area (Å²) in [6.45, 7) is 5.92. The number of benzene rings is 1. The predicted molar refractivity (Wildman–Crippen MR) is 140 cm³/mol. The molecule has 0 aliphatic carbocycles.